The molecule has 2 aliphatic rings. The van der Waals surface area contributed by atoms with Crippen molar-refractivity contribution >= 4 is 58.7 Å². The molecule has 0 bridgehead atoms. The monoisotopic (exact) mass is 966 g/mol. The molecule has 10 aromatic carbocycles. The van der Waals surface area contributed by atoms with Crippen molar-refractivity contribution in [2.45, 2.75) is 13.2 Å². The first-order valence-corrected chi connectivity index (χ1v) is 25.3. The molecule has 14 heteroatoms. The van der Waals surface area contributed by atoms with Gasteiger partial charge in [-0.1, -0.05) is 158 Å². The number of ether oxygens (including phenoxy) is 4. The minimum atomic E-state index is -5.04. The van der Waals surface area contributed by atoms with Gasteiger partial charge in [-0.05, 0) is 66.3 Å². The van der Waals surface area contributed by atoms with E-state index < -0.39 is 15.6 Å². The van der Waals surface area contributed by atoms with E-state index in [1.165, 1.54) is 14.2 Å². The maximum Gasteiger partial charge on any atom is 0.585 e. The predicted molar refractivity (Wildman–Crippen MR) is 270 cm³/mol. The molecule has 12 rings (SSSR count). The molecule has 0 radical (unpaired) electrons. The zero-order valence-corrected chi connectivity index (χ0v) is 39.2. The number of fused-ring (bicyclic) bond motifs is 14. The van der Waals surface area contributed by atoms with Crippen molar-refractivity contribution in [2.24, 2.45) is 0 Å². The lowest BCUT2D eigenvalue weighted by molar-refractivity contribution is 0.266. The second-order valence-corrected chi connectivity index (χ2v) is 19.4. The van der Waals surface area contributed by atoms with Crippen LogP contribution in [0.4, 0.5) is 0 Å². The summed E-state index contributed by atoms with van der Waals surface area (Å²) in [6.45, 7) is 0.283. The zero-order chi connectivity index (χ0) is 47.7. The fourth-order valence-corrected chi connectivity index (χ4v) is 11.5. The van der Waals surface area contributed by atoms with Gasteiger partial charge in [-0.25, -0.2) is 9.13 Å². The molecule has 0 amide bonds. The van der Waals surface area contributed by atoms with E-state index in [9.17, 15) is 18.9 Å². The summed E-state index contributed by atoms with van der Waals surface area (Å²) < 4.78 is 79.2. The number of rotatable bonds is 9. The summed E-state index contributed by atoms with van der Waals surface area (Å²) in [6.07, 6.45) is 0. The van der Waals surface area contributed by atoms with Gasteiger partial charge in [-0.15, -0.1) is 0 Å². The summed E-state index contributed by atoms with van der Waals surface area (Å²) in [6, 6.07) is 52.9. The number of phosphoric ester groups is 2. The van der Waals surface area contributed by atoms with Gasteiger partial charge in [0.1, 0.15) is 13.2 Å². The van der Waals surface area contributed by atoms with Gasteiger partial charge in [0, 0.05) is 33.4 Å². The van der Waals surface area contributed by atoms with E-state index in [0.29, 0.717) is 65.7 Å². The second-order valence-electron chi connectivity index (χ2n) is 16.8. The molecule has 10 aromatic rings. The first kappa shape index (κ1) is 43.3. The first-order valence-electron chi connectivity index (χ1n) is 22.3. The van der Waals surface area contributed by atoms with E-state index in [4.69, 9.17) is 37.0 Å². The van der Waals surface area contributed by atoms with E-state index in [2.05, 4.69) is 0 Å². The van der Waals surface area contributed by atoms with Crippen LogP contribution in [-0.4, -0.2) is 24.0 Å². The Kier molecular flexibility index (Phi) is 10.5. The first-order chi connectivity index (χ1) is 34.1. The Morgan fingerprint density at radius 2 is 0.686 bits per heavy atom. The van der Waals surface area contributed by atoms with Gasteiger partial charge >= 0.3 is 15.6 Å². The molecule has 2 heterocycles. The average Bonchev–Trinajstić information content (AvgIpc) is 3.59. The SMILES string of the molecule is COc1c2c(c3ccccc3c1-c1c(OC)c3c(c4ccccc14)-c1c(c(OCc4ccccc4)cc4ccccc14)OP(=O)(O)O3)-c1c(c(OCc3ccccc3)cc3ccccc13)OP(=O)(O)O2. The number of methoxy groups -OCH3 is 2. The lowest BCUT2D eigenvalue weighted by Gasteiger charge is -2.25. The average molecular weight is 967 g/mol. The van der Waals surface area contributed by atoms with Crippen molar-refractivity contribution in [3.8, 4) is 79.4 Å². The Labute approximate surface area is 400 Å². The van der Waals surface area contributed by atoms with E-state index in [1.807, 2.05) is 158 Å². The summed E-state index contributed by atoms with van der Waals surface area (Å²) in [5.74, 6) is 0.367. The van der Waals surface area contributed by atoms with Gasteiger partial charge in [0.15, 0.2) is 46.0 Å². The summed E-state index contributed by atoms with van der Waals surface area (Å²) >= 11 is 0. The molecule has 0 aromatic heterocycles. The minimum absolute atomic E-state index is 0.0114. The van der Waals surface area contributed by atoms with Crippen LogP contribution in [0, 0.1) is 0 Å². The molecule has 2 N–H and O–H groups in total. The largest absolute Gasteiger partial charge is 0.585 e. The molecule has 0 saturated carbocycles. The Morgan fingerprint density at radius 3 is 1.06 bits per heavy atom. The Balaban J connectivity index is 1.17. The summed E-state index contributed by atoms with van der Waals surface area (Å²) in [7, 11) is -7.20. The van der Waals surface area contributed by atoms with Crippen LogP contribution in [0.1, 0.15) is 11.1 Å². The molecule has 0 spiro atoms. The van der Waals surface area contributed by atoms with E-state index >= 15 is 0 Å². The standard InChI is InChI=1S/C56H40O12P2/c1-61-53-47(39-25-13-15-27-41(39)49-45-37-23-11-9-21-35(37)29-43(63-31-33-17-5-3-6-18-33)51(45)65-69(57,58)67-55(49)53)48-40-26-14-16-28-42(40)50-46-38-24-12-10-22-36(38)30-44(64-32-34-19-7-4-8-20-34)52(46)66-70(59,60)68-56(50)54(48)62-2/h3-30H,31-32H2,1-2H3,(H,57,58)(H,59,60). The number of benzene rings is 10. The molecule has 12 nitrogen and oxygen atoms in total. The second kappa shape index (κ2) is 16.9. The maximum absolute atomic E-state index is 14.5. The van der Waals surface area contributed by atoms with Crippen molar-refractivity contribution in [1.29, 1.82) is 0 Å². The number of hydrogen-bond donors (Lipinski definition) is 2. The van der Waals surface area contributed by atoms with Crippen molar-refractivity contribution < 1.29 is 56.0 Å². The smallest absolute Gasteiger partial charge is 0.492 e. The van der Waals surface area contributed by atoms with Gasteiger partial charge in [0.2, 0.25) is 0 Å². The molecule has 0 saturated heterocycles. The molecule has 0 fully saturated rings. The number of hydrogen-bond acceptors (Lipinski definition) is 10. The molecule has 0 aliphatic carbocycles. The van der Waals surface area contributed by atoms with Crippen LogP contribution in [-0.2, 0) is 22.3 Å². The third kappa shape index (κ3) is 7.23. The van der Waals surface area contributed by atoms with Gasteiger partial charge in [0.05, 0.1) is 14.2 Å². The molecule has 2 unspecified atom stereocenters. The predicted octanol–water partition coefficient (Wildman–Crippen LogP) is 14.2. The fraction of sp³-hybridized carbons (Fsp3) is 0.0714. The van der Waals surface area contributed by atoms with Crippen molar-refractivity contribution in [1.82, 2.24) is 0 Å². The van der Waals surface area contributed by atoms with Gasteiger partial charge in [-0.3, -0.25) is 9.79 Å². The lowest BCUT2D eigenvalue weighted by Crippen LogP contribution is -2.04. The maximum atomic E-state index is 14.5. The fourth-order valence-electron chi connectivity index (χ4n) is 9.81. The van der Waals surface area contributed by atoms with Crippen molar-refractivity contribution in [2.75, 3.05) is 14.2 Å². The van der Waals surface area contributed by atoms with Crippen LogP contribution in [0.25, 0.3) is 76.5 Å². The van der Waals surface area contributed by atoms with Gasteiger partial charge < -0.3 is 37.0 Å². The summed E-state index contributed by atoms with van der Waals surface area (Å²) in [5.41, 5.74) is 4.18. The topological polar surface area (TPSA) is 148 Å². The Morgan fingerprint density at radius 1 is 0.386 bits per heavy atom. The van der Waals surface area contributed by atoms with Crippen LogP contribution in [0.2, 0.25) is 0 Å². The van der Waals surface area contributed by atoms with Crippen LogP contribution < -0.4 is 37.0 Å². The Bertz CT molecular complexity index is 3610. The van der Waals surface area contributed by atoms with Crippen LogP contribution in [0.3, 0.4) is 0 Å². The van der Waals surface area contributed by atoms with Crippen LogP contribution >= 0.6 is 15.6 Å². The summed E-state index contributed by atoms with van der Waals surface area (Å²) in [4.78, 5) is 23.6. The van der Waals surface area contributed by atoms with Crippen molar-refractivity contribution in [3.05, 3.63) is 181 Å². The lowest BCUT2D eigenvalue weighted by atomic mass is 9.84. The van der Waals surface area contributed by atoms with Crippen LogP contribution in [0.15, 0.2) is 170 Å². The molecule has 70 heavy (non-hydrogen) atoms. The number of phosphoric acid groups is 2. The van der Waals surface area contributed by atoms with Crippen LogP contribution in [0.5, 0.6) is 46.0 Å². The highest BCUT2D eigenvalue weighted by Gasteiger charge is 2.43. The Hall–Kier alpha value is -7.98. The normalized spacial score (nSPS) is 16.8. The van der Waals surface area contributed by atoms with Gasteiger partial charge in [0.25, 0.3) is 0 Å². The molecule has 346 valence electrons. The van der Waals surface area contributed by atoms with Gasteiger partial charge in [-0.2, -0.15) is 0 Å². The molecule has 2 atom stereocenters. The molecular formula is C56H40O12P2. The summed E-state index contributed by atoms with van der Waals surface area (Å²) in [5, 5.41) is 5.29. The highest BCUT2D eigenvalue weighted by Crippen LogP contribution is 2.68. The van der Waals surface area contributed by atoms with E-state index in [-0.39, 0.29) is 59.2 Å². The molecular weight excluding hydrogens is 927 g/mol. The third-order valence-corrected chi connectivity index (χ3v) is 14.3. The highest BCUT2D eigenvalue weighted by molar-refractivity contribution is 7.48. The highest BCUT2D eigenvalue weighted by atomic mass is 31.2. The van der Waals surface area contributed by atoms with E-state index in [0.717, 1.165) is 21.9 Å². The van der Waals surface area contributed by atoms with E-state index in [1.54, 1.807) is 12.1 Å². The van der Waals surface area contributed by atoms with Crippen molar-refractivity contribution in [3.63, 3.8) is 0 Å². The quantitative estimate of drug-likeness (QED) is 0.133. The zero-order valence-electron chi connectivity index (χ0n) is 37.5. The third-order valence-electron chi connectivity index (χ3n) is 12.6. The molecule has 2 aliphatic heterocycles. The minimum Gasteiger partial charge on any atom is -0.492 e.